The molecule has 3 heteroatoms. The molecule has 0 atom stereocenters. The van der Waals surface area contributed by atoms with Gasteiger partial charge in [0.1, 0.15) is 0 Å². The summed E-state index contributed by atoms with van der Waals surface area (Å²) in [4.78, 5) is 0. The molecule has 1 aromatic heterocycles. The van der Waals surface area contributed by atoms with Gasteiger partial charge in [0.15, 0.2) is 0 Å². The molecule has 0 radical (unpaired) electrons. The normalized spacial score (nSPS) is 11.1. The Hall–Kier alpha value is -0.600. The number of nitrogens with zero attached hydrogens (tertiary/aromatic N) is 1. The number of hydrogen-bond acceptors (Lipinski definition) is 1. The number of fused-ring (bicyclic) bond motifs is 1. The summed E-state index contributed by atoms with van der Waals surface area (Å²) in [6.45, 7) is 2.18. The van der Waals surface area contributed by atoms with Gasteiger partial charge in [0, 0.05) is 34.9 Å². The SMILES string of the molecule is CCSCc1cn(C)c2ccc(Cl)cc12. The van der Waals surface area contributed by atoms with Gasteiger partial charge in [0.25, 0.3) is 0 Å². The van der Waals surface area contributed by atoms with Crippen molar-refractivity contribution in [2.45, 2.75) is 12.7 Å². The number of benzene rings is 1. The molecule has 2 aromatic rings. The molecule has 0 bridgehead atoms. The summed E-state index contributed by atoms with van der Waals surface area (Å²) in [5.74, 6) is 2.21. The fraction of sp³-hybridized carbons (Fsp3) is 0.333. The van der Waals surface area contributed by atoms with Crippen LogP contribution in [0.1, 0.15) is 12.5 Å². The first-order valence-electron chi connectivity index (χ1n) is 5.03. The summed E-state index contributed by atoms with van der Waals surface area (Å²) in [6, 6.07) is 6.08. The molecule has 0 saturated carbocycles. The number of rotatable bonds is 3. The van der Waals surface area contributed by atoms with Crippen LogP contribution in [0.25, 0.3) is 10.9 Å². The molecule has 0 saturated heterocycles. The number of thioether (sulfide) groups is 1. The van der Waals surface area contributed by atoms with Crippen molar-refractivity contribution in [3.8, 4) is 0 Å². The van der Waals surface area contributed by atoms with Crippen LogP contribution in [0.3, 0.4) is 0 Å². The van der Waals surface area contributed by atoms with Gasteiger partial charge >= 0.3 is 0 Å². The first kappa shape index (κ1) is 10.9. The van der Waals surface area contributed by atoms with Crippen LogP contribution < -0.4 is 0 Å². The number of halogens is 1. The van der Waals surface area contributed by atoms with Crippen molar-refractivity contribution in [3.63, 3.8) is 0 Å². The third kappa shape index (κ3) is 2.16. The predicted octanol–water partition coefficient (Wildman–Crippen LogP) is 4.08. The van der Waals surface area contributed by atoms with Crippen LogP contribution in [-0.2, 0) is 12.8 Å². The Balaban J connectivity index is 2.49. The zero-order valence-corrected chi connectivity index (χ0v) is 10.5. The highest BCUT2D eigenvalue weighted by atomic mass is 35.5. The summed E-state index contributed by atoms with van der Waals surface area (Å²) < 4.78 is 2.16. The molecular weight excluding hydrogens is 226 g/mol. The third-order valence-corrected chi connectivity index (χ3v) is 3.65. The zero-order chi connectivity index (χ0) is 10.8. The maximum atomic E-state index is 6.02. The Morgan fingerprint density at radius 2 is 2.20 bits per heavy atom. The molecule has 1 aromatic carbocycles. The molecule has 0 aliphatic carbocycles. The molecule has 0 fully saturated rings. The van der Waals surface area contributed by atoms with Crippen molar-refractivity contribution < 1.29 is 0 Å². The molecule has 15 heavy (non-hydrogen) atoms. The largest absolute Gasteiger partial charge is 0.350 e. The molecule has 0 unspecified atom stereocenters. The second-order valence-electron chi connectivity index (χ2n) is 3.56. The van der Waals surface area contributed by atoms with Gasteiger partial charge < -0.3 is 4.57 Å². The lowest BCUT2D eigenvalue weighted by Crippen LogP contribution is -1.82. The highest BCUT2D eigenvalue weighted by Crippen LogP contribution is 2.26. The van der Waals surface area contributed by atoms with Crippen molar-refractivity contribution >= 4 is 34.3 Å². The average Bonchev–Trinajstić information content (AvgIpc) is 2.52. The van der Waals surface area contributed by atoms with Gasteiger partial charge in [0.05, 0.1) is 0 Å². The number of aryl methyl sites for hydroxylation is 1. The van der Waals surface area contributed by atoms with E-state index in [1.807, 2.05) is 17.8 Å². The topological polar surface area (TPSA) is 4.93 Å². The lowest BCUT2D eigenvalue weighted by atomic mass is 10.2. The van der Waals surface area contributed by atoms with E-state index in [0.717, 1.165) is 16.5 Å². The Morgan fingerprint density at radius 1 is 1.40 bits per heavy atom. The minimum atomic E-state index is 0.816. The minimum absolute atomic E-state index is 0.816. The Kier molecular flexibility index (Phi) is 3.27. The maximum absolute atomic E-state index is 6.02. The molecule has 2 rings (SSSR count). The summed E-state index contributed by atoms with van der Waals surface area (Å²) >= 11 is 7.96. The van der Waals surface area contributed by atoms with Gasteiger partial charge in [-0.2, -0.15) is 11.8 Å². The third-order valence-electron chi connectivity index (χ3n) is 2.50. The van der Waals surface area contributed by atoms with E-state index in [1.54, 1.807) is 0 Å². The summed E-state index contributed by atoms with van der Waals surface area (Å²) in [6.07, 6.45) is 2.20. The molecule has 1 nitrogen and oxygen atoms in total. The van der Waals surface area contributed by atoms with E-state index >= 15 is 0 Å². The van der Waals surface area contributed by atoms with Crippen LogP contribution in [-0.4, -0.2) is 10.3 Å². The van der Waals surface area contributed by atoms with E-state index in [9.17, 15) is 0 Å². The summed E-state index contributed by atoms with van der Waals surface area (Å²) in [7, 11) is 2.08. The van der Waals surface area contributed by atoms with Crippen LogP contribution in [0, 0.1) is 0 Å². The van der Waals surface area contributed by atoms with E-state index in [0.29, 0.717) is 0 Å². The predicted molar refractivity (Wildman–Crippen MR) is 69.8 cm³/mol. The van der Waals surface area contributed by atoms with Crippen LogP contribution in [0.2, 0.25) is 5.02 Å². The average molecular weight is 240 g/mol. The van der Waals surface area contributed by atoms with Crippen molar-refractivity contribution in [1.82, 2.24) is 4.57 Å². The van der Waals surface area contributed by atoms with Gasteiger partial charge in [0.2, 0.25) is 0 Å². The molecule has 0 aliphatic rings. The van der Waals surface area contributed by atoms with Crippen molar-refractivity contribution in [3.05, 3.63) is 35.0 Å². The molecular formula is C12H14ClNS. The van der Waals surface area contributed by atoms with E-state index in [1.165, 1.54) is 16.5 Å². The van der Waals surface area contributed by atoms with E-state index in [-0.39, 0.29) is 0 Å². The van der Waals surface area contributed by atoms with Crippen LogP contribution in [0.5, 0.6) is 0 Å². The van der Waals surface area contributed by atoms with Gasteiger partial charge in [-0.25, -0.2) is 0 Å². The lowest BCUT2D eigenvalue weighted by molar-refractivity contribution is 0.963. The first-order valence-corrected chi connectivity index (χ1v) is 6.57. The van der Waals surface area contributed by atoms with Crippen LogP contribution in [0.4, 0.5) is 0 Å². The van der Waals surface area contributed by atoms with Crippen molar-refractivity contribution in [2.75, 3.05) is 5.75 Å². The van der Waals surface area contributed by atoms with Gasteiger partial charge in [-0.1, -0.05) is 18.5 Å². The van der Waals surface area contributed by atoms with Gasteiger partial charge in [-0.3, -0.25) is 0 Å². The first-order chi connectivity index (χ1) is 7.22. The fourth-order valence-corrected chi connectivity index (χ4v) is 2.60. The highest BCUT2D eigenvalue weighted by Gasteiger charge is 2.06. The Labute approximate surface area is 99.4 Å². The quantitative estimate of drug-likeness (QED) is 0.781. The zero-order valence-electron chi connectivity index (χ0n) is 8.96. The van der Waals surface area contributed by atoms with Gasteiger partial charge in [-0.05, 0) is 29.5 Å². The van der Waals surface area contributed by atoms with Crippen LogP contribution in [0.15, 0.2) is 24.4 Å². The number of hydrogen-bond donors (Lipinski definition) is 0. The lowest BCUT2D eigenvalue weighted by Gasteiger charge is -1.98. The summed E-state index contributed by atoms with van der Waals surface area (Å²) in [5.41, 5.74) is 2.63. The van der Waals surface area contributed by atoms with Crippen molar-refractivity contribution in [2.24, 2.45) is 7.05 Å². The van der Waals surface area contributed by atoms with E-state index in [2.05, 4.69) is 36.9 Å². The maximum Gasteiger partial charge on any atom is 0.0481 e. The molecule has 0 aliphatic heterocycles. The molecule has 0 amide bonds. The second kappa shape index (κ2) is 4.50. The fourth-order valence-electron chi connectivity index (χ4n) is 1.77. The standard InChI is InChI=1S/C12H14ClNS/c1-3-15-8-9-7-14(2)12-5-4-10(13)6-11(9)12/h4-7H,3,8H2,1-2H3. The van der Waals surface area contributed by atoms with Gasteiger partial charge in [-0.15, -0.1) is 0 Å². The number of aromatic nitrogens is 1. The molecule has 1 heterocycles. The van der Waals surface area contributed by atoms with E-state index in [4.69, 9.17) is 11.6 Å². The van der Waals surface area contributed by atoms with Crippen molar-refractivity contribution in [1.29, 1.82) is 0 Å². The molecule has 0 spiro atoms. The smallest absolute Gasteiger partial charge is 0.0481 e. The Morgan fingerprint density at radius 3 is 2.93 bits per heavy atom. The van der Waals surface area contributed by atoms with E-state index < -0.39 is 0 Å². The monoisotopic (exact) mass is 239 g/mol. The molecule has 0 N–H and O–H groups in total. The Bertz CT molecular complexity index is 476. The molecule has 80 valence electrons. The highest BCUT2D eigenvalue weighted by molar-refractivity contribution is 7.98. The summed E-state index contributed by atoms with van der Waals surface area (Å²) in [5, 5.41) is 2.10. The minimum Gasteiger partial charge on any atom is -0.350 e. The second-order valence-corrected chi connectivity index (χ2v) is 5.27. The van der Waals surface area contributed by atoms with Crippen LogP contribution >= 0.6 is 23.4 Å².